The van der Waals surface area contributed by atoms with Crippen LogP contribution in [-0.2, 0) is 14.3 Å². The molecule has 0 aromatic carbocycles. The fraction of sp³-hybridized carbons (Fsp3) is 0.500. The van der Waals surface area contributed by atoms with E-state index in [2.05, 4.69) is 4.74 Å². The van der Waals surface area contributed by atoms with Crippen molar-refractivity contribution in [2.45, 2.75) is 24.9 Å². The number of hydrogen-bond donors (Lipinski definition) is 0. The standard InChI is InChI=1S/C12H13FO3/c1-16-11(15)8-2-3-9-6-10(14)4-5-12(9,13)7-8/h4-6,8H,2-3,7H2,1H3. The average molecular weight is 224 g/mol. The highest BCUT2D eigenvalue weighted by molar-refractivity contribution is 6.01. The van der Waals surface area contributed by atoms with Gasteiger partial charge in [0.25, 0.3) is 0 Å². The van der Waals surface area contributed by atoms with Crippen LogP contribution >= 0.6 is 0 Å². The lowest BCUT2D eigenvalue weighted by atomic mass is 9.73. The summed E-state index contributed by atoms with van der Waals surface area (Å²) < 4.78 is 19.0. The highest BCUT2D eigenvalue weighted by Gasteiger charge is 2.42. The van der Waals surface area contributed by atoms with E-state index in [1.54, 1.807) is 0 Å². The zero-order valence-electron chi connectivity index (χ0n) is 9.03. The van der Waals surface area contributed by atoms with Crippen LogP contribution in [0.2, 0.25) is 0 Å². The molecule has 0 saturated heterocycles. The lowest BCUT2D eigenvalue weighted by molar-refractivity contribution is -0.147. The Morgan fingerprint density at radius 2 is 2.38 bits per heavy atom. The van der Waals surface area contributed by atoms with Crippen molar-refractivity contribution in [2.75, 3.05) is 7.11 Å². The minimum atomic E-state index is -1.63. The van der Waals surface area contributed by atoms with Gasteiger partial charge in [-0.05, 0) is 36.6 Å². The van der Waals surface area contributed by atoms with Gasteiger partial charge in [-0.2, -0.15) is 0 Å². The van der Waals surface area contributed by atoms with Gasteiger partial charge in [-0.1, -0.05) is 0 Å². The lowest BCUT2D eigenvalue weighted by Crippen LogP contribution is -2.37. The maximum Gasteiger partial charge on any atom is 0.308 e. The molecule has 2 atom stereocenters. The molecule has 3 nitrogen and oxygen atoms in total. The van der Waals surface area contributed by atoms with Crippen molar-refractivity contribution in [1.82, 2.24) is 0 Å². The fourth-order valence-electron chi connectivity index (χ4n) is 2.30. The number of ether oxygens (including phenoxy) is 1. The highest BCUT2D eigenvalue weighted by Crippen LogP contribution is 2.42. The molecule has 2 unspecified atom stereocenters. The van der Waals surface area contributed by atoms with Crippen LogP contribution in [0.5, 0.6) is 0 Å². The Labute approximate surface area is 93.0 Å². The number of carbonyl (C=O) groups is 2. The molecule has 0 aliphatic heterocycles. The summed E-state index contributed by atoms with van der Waals surface area (Å²) in [7, 11) is 1.30. The predicted molar refractivity (Wildman–Crippen MR) is 55.4 cm³/mol. The summed E-state index contributed by atoms with van der Waals surface area (Å²) in [4.78, 5) is 22.5. The summed E-state index contributed by atoms with van der Waals surface area (Å²) in [6.07, 6.45) is 4.89. The minimum Gasteiger partial charge on any atom is -0.469 e. The zero-order chi connectivity index (χ0) is 11.8. The number of methoxy groups -OCH3 is 1. The van der Waals surface area contributed by atoms with Crippen LogP contribution < -0.4 is 0 Å². The van der Waals surface area contributed by atoms with Crippen molar-refractivity contribution in [3.05, 3.63) is 23.8 Å². The number of alkyl halides is 1. The van der Waals surface area contributed by atoms with Gasteiger partial charge in [-0.3, -0.25) is 9.59 Å². The molecule has 4 heteroatoms. The quantitative estimate of drug-likeness (QED) is 0.637. The van der Waals surface area contributed by atoms with E-state index in [4.69, 9.17) is 0 Å². The molecule has 2 aliphatic rings. The van der Waals surface area contributed by atoms with Gasteiger partial charge in [0.15, 0.2) is 11.5 Å². The molecule has 0 radical (unpaired) electrons. The number of hydrogen-bond acceptors (Lipinski definition) is 3. The molecule has 0 bridgehead atoms. The number of ketones is 1. The van der Waals surface area contributed by atoms with Gasteiger partial charge in [-0.25, -0.2) is 4.39 Å². The molecular formula is C12H13FO3. The summed E-state index contributed by atoms with van der Waals surface area (Å²) in [6, 6.07) is 0. The first-order valence-corrected chi connectivity index (χ1v) is 5.26. The largest absolute Gasteiger partial charge is 0.469 e. The third kappa shape index (κ3) is 1.79. The Morgan fingerprint density at radius 1 is 1.62 bits per heavy atom. The van der Waals surface area contributed by atoms with Gasteiger partial charge >= 0.3 is 5.97 Å². The number of esters is 1. The molecule has 0 spiro atoms. The van der Waals surface area contributed by atoms with E-state index in [1.807, 2.05) is 0 Å². The van der Waals surface area contributed by atoms with Crippen molar-refractivity contribution in [2.24, 2.45) is 5.92 Å². The van der Waals surface area contributed by atoms with Gasteiger partial charge in [-0.15, -0.1) is 0 Å². The van der Waals surface area contributed by atoms with Crippen molar-refractivity contribution >= 4 is 11.8 Å². The number of fused-ring (bicyclic) bond motifs is 1. The Kier molecular flexibility index (Phi) is 2.66. The number of rotatable bonds is 1. The maximum atomic E-state index is 14.4. The van der Waals surface area contributed by atoms with Crippen LogP contribution in [0.4, 0.5) is 4.39 Å². The number of halogens is 1. The molecule has 0 heterocycles. The average Bonchev–Trinajstić information content (AvgIpc) is 2.28. The molecule has 2 aliphatic carbocycles. The summed E-state index contributed by atoms with van der Waals surface area (Å²) in [5, 5.41) is 0. The summed E-state index contributed by atoms with van der Waals surface area (Å²) in [6.45, 7) is 0. The lowest BCUT2D eigenvalue weighted by Gasteiger charge is -2.35. The second-order valence-electron chi connectivity index (χ2n) is 4.23. The number of carbonyl (C=O) groups excluding carboxylic acids is 2. The fourth-order valence-corrected chi connectivity index (χ4v) is 2.30. The molecule has 0 aromatic rings. The molecule has 0 N–H and O–H groups in total. The van der Waals surface area contributed by atoms with Crippen molar-refractivity contribution < 1.29 is 18.7 Å². The Morgan fingerprint density at radius 3 is 3.06 bits per heavy atom. The monoisotopic (exact) mass is 224 g/mol. The van der Waals surface area contributed by atoms with Crippen LogP contribution in [0.15, 0.2) is 23.8 Å². The zero-order valence-corrected chi connectivity index (χ0v) is 9.03. The first-order valence-electron chi connectivity index (χ1n) is 5.26. The normalized spacial score (nSPS) is 33.0. The predicted octanol–water partition coefficient (Wildman–Crippen LogP) is 1.73. The summed E-state index contributed by atoms with van der Waals surface area (Å²) in [5.74, 6) is -0.967. The Balaban J connectivity index is 2.20. The topological polar surface area (TPSA) is 43.4 Å². The van der Waals surface area contributed by atoms with Crippen LogP contribution in [0, 0.1) is 5.92 Å². The molecular weight excluding hydrogens is 211 g/mol. The van der Waals surface area contributed by atoms with Crippen LogP contribution in [-0.4, -0.2) is 24.5 Å². The van der Waals surface area contributed by atoms with Crippen LogP contribution in [0.3, 0.4) is 0 Å². The third-order valence-corrected chi connectivity index (χ3v) is 3.20. The van der Waals surface area contributed by atoms with Crippen LogP contribution in [0.1, 0.15) is 19.3 Å². The van der Waals surface area contributed by atoms with Gasteiger partial charge < -0.3 is 4.74 Å². The molecule has 0 amide bonds. The first kappa shape index (κ1) is 11.0. The van der Waals surface area contributed by atoms with Crippen LogP contribution in [0.25, 0.3) is 0 Å². The van der Waals surface area contributed by atoms with Gasteiger partial charge in [0.05, 0.1) is 13.0 Å². The van der Waals surface area contributed by atoms with E-state index in [0.717, 1.165) is 0 Å². The molecule has 86 valence electrons. The Bertz CT molecular complexity index is 397. The van der Waals surface area contributed by atoms with E-state index in [0.29, 0.717) is 18.4 Å². The maximum absolute atomic E-state index is 14.4. The summed E-state index contributed by atoms with van der Waals surface area (Å²) in [5.41, 5.74) is -1.15. The van der Waals surface area contributed by atoms with Crippen molar-refractivity contribution in [3.63, 3.8) is 0 Å². The molecule has 0 aromatic heterocycles. The van der Waals surface area contributed by atoms with Crippen molar-refractivity contribution in [3.8, 4) is 0 Å². The highest BCUT2D eigenvalue weighted by atomic mass is 19.1. The Hall–Kier alpha value is -1.45. The SMILES string of the molecule is COC(=O)C1CCC2=CC(=O)C=CC2(F)C1. The smallest absolute Gasteiger partial charge is 0.308 e. The van der Waals surface area contributed by atoms with E-state index < -0.39 is 11.6 Å². The first-order chi connectivity index (χ1) is 7.55. The molecule has 1 saturated carbocycles. The number of allylic oxidation sites excluding steroid dienone is 4. The second kappa shape index (κ2) is 3.85. The van der Waals surface area contributed by atoms with Gasteiger partial charge in [0, 0.05) is 6.42 Å². The summed E-state index contributed by atoms with van der Waals surface area (Å²) >= 11 is 0. The molecule has 2 rings (SSSR count). The molecule has 16 heavy (non-hydrogen) atoms. The third-order valence-electron chi connectivity index (χ3n) is 3.20. The van der Waals surface area contributed by atoms with E-state index in [1.165, 1.54) is 25.3 Å². The van der Waals surface area contributed by atoms with E-state index in [9.17, 15) is 14.0 Å². The van der Waals surface area contributed by atoms with Gasteiger partial charge in [0.2, 0.25) is 0 Å². The minimum absolute atomic E-state index is 0.0787. The second-order valence-corrected chi connectivity index (χ2v) is 4.23. The van der Waals surface area contributed by atoms with Crippen molar-refractivity contribution in [1.29, 1.82) is 0 Å². The van der Waals surface area contributed by atoms with E-state index in [-0.39, 0.29) is 18.2 Å². The molecule has 1 fully saturated rings. The van der Waals surface area contributed by atoms with Gasteiger partial charge in [0.1, 0.15) is 0 Å². The van der Waals surface area contributed by atoms with E-state index >= 15 is 0 Å².